The molecule has 3 heteroatoms. The summed E-state index contributed by atoms with van der Waals surface area (Å²) >= 11 is 0. The van der Waals surface area contributed by atoms with Gasteiger partial charge in [-0.15, -0.1) is 0 Å². The summed E-state index contributed by atoms with van der Waals surface area (Å²) < 4.78 is 12.8. The molecule has 0 bridgehead atoms. The van der Waals surface area contributed by atoms with E-state index in [0.717, 1.165) is 18.0 Å². The number of hydrogen-bond donors (Lipinski definition) is 1. The van der Waals surface area contributed by atoms with Crippen LogP contribution in [0.1, 0.15) is 50.7 Å². The van der Waals surface area contributed by atoms with Crippen LogP contribution in [-0.4, -0.2) is 29.6 Å². The third kappa shape index (κ3) is 4.29. The minimum absolute atomic E-state index is 0.255. The van der Waals surface area contributed by atoms with Gasteiger partial charge < -0.3 is 10.0 Å². The van der Waals surface area contributed by atoms with Gasteiger partial charge in [0.2, 0.25) is 0 Å². The average Bonchev–Trinajstić information content (AvgIpc) is 2.46. The lowest BCUT2D eigenvalue weighted by molar-refractivity contribution is 0.119. The molecule has 1 aliphatic rings. The highest BCUT2D eigenvalue weighted by Crippen LogP contribution is 2.27. The highest BCUT2D eigenvalue weighted by atomic mass is 19.1. The number of halogens is 1. The van der Waals surface area contributed by atoms with Gasteiger partial charge in [0.1, 0.15) is 5.82 Å². The van der Waals surface area contributed by atoms with E-state index < -0.39 is 6.10 Å². The first-order valence-electron chi connectivity index (χ1n) is 7.70. The Morgan fingerprint density at radius 3 is 2.40 bits per heavy atom. The summed E-state index contributed by atoms with van der Waals surface area (Å²) in [5.41, 5.74) is 0.803. The number of rotatable bonds is 5. The van der Waals surface area contributed by atoms with Gasteiger partial charge in [-0.2, -0.15) is 0 Å². The van der Waals surface area contributed by atoms with Gasteiger partial charge in [0.25, 0.3) is 0 Å². The molecule has 0 radical (unpaired) electrons. The molecule has 1 aliphatic carbocycles. The maximum atomic E-state index is 12.8. The van der Waals surface area contributed by atoms with Crippen LogP contribution >= 0.6 is 0 Å². The zero-order valence-electron chi connectivity index (χ0n) is 12.6. The van der Waals surface area contributed by atoms with E-state index in [2.05, 4.69) is 18.9 Å². The van der Waals surface area contributed by atoms with Gasteiger partial charge in [-0.05, 0) is 62.8 Å². The van der Waals surface area contributed by atoms with Crippen molar-refractivity contribution in [3.05, 3.63) is 35.6 Å². The summed E-state index contributed by atoms with van der Waals surface area (Å²) in [7, 11) is 2.15. The van der Waals surface area contributed by atoms with E-state index >= 15 is 0 Å². The number of aliphatic hydroxyl groups excluding tert-OH is 1. The molecule has 112 valence electrons. The van der Waals surface area contributed by atoms with Crippen molar-refractivity contribution in [2.75, 3.05) is 13.6 Å². The van der Waals surface area contributed by atoms with Gasteiger partial charge in [-0.1, -0.05) is 19.1 Å². The van der Waals surface area contributed by atoms with Crippen LogP contribution in [0.2, 0.25) is 0 Å². The normalized spacial score (nSPS) is 24.9. The molecule has 0 amide bonds. The molecule has 0 heterocycles. The topological polar surface area (TPSA) is 23.5 Å². The number of aliphatic hydroxyl groups is 1. The third-order valence-electron chi connectivity index (χ3n) is 4.62. The number of nitrogens with zero attached hydrogens (tertiary/aromatic N) is 1. The average molecular weight is 279 g/mol. The van der Waals surface area contributed by atoms with Gasteiger partial charge in [0.05, 0.1) is 6.10 Å². The zero-order chi connectivity index (χ0) is 14.5. The summed E-state index contributed by atoms with van der Waals surface area (Å²) in [6, 6.07) is 6.81. The summed E-state index contributed by atoms with van der Waals surface area (Å²) in [6.07, 6.45) is 5.37. The van der Waals surface area contributed by atoms with Crippen LogP contribution in [0.5, 0.6) is 0 Å². The minimum atomic E-state index is -0.499. The molecule has 0 aromatic heterocycles. The number of benzene rings is 1. The van der Waals surface area contributed by atoms with Gasteiger partial charge in [0.15, 0.2) is 0 Å². The van der Waals surface area contributed by atoms with Crippen molar-refractivity contribution in [1.29, 1.82) is 0 Å². The SMILES string of the molecule is CC1CCC(N(C)CCC(O)c2ccc(F)cc2)CC1. The van der Waals surface area contributed by atoms with Gasteiger partial charge in [-0.25, -0.2) is 4.39 Å². The monoisotopic (exact) mass is 279 g/mol. The molecule has 1 N–H and O–H groups in total. The lowest BCUT2D eigenvalue weighted by Gasteiger charge is -2.34. The van der Waals surface area contributed by atoms with Crippen molar-refractivity contribution in [1.82, 2.24) is 4.90 Å². The van der Waals surface area contributed by atoms with Crippen molar-refractivity contribution in [3.8, 4) is 0 Å². The van der Waals surface area contributed by atoms with E-state index in [9.17, 15) is 9.50 Å². The molecule has 0 aliphatic heterocycles. The van der Waals surface area contributed by atoms with Crippen molar-refractivity contribution >= 4 is 0 Å². The van der Waals surface area contributed by atoms with E-state index in [-0.39, 0.29) is 5.82 Å². The predicted octanol–water partition coefficient (Wildman–Crippen LogP) is 3.76. The largest absolute Gasteiger partial charge is 0.388 e. The van der Waals surface area contributed by atoms with Gasteiger partial charge in [0, 0.05) is 12.6 Å². The van der Waals surface area contributed by atoms with E-state index in [4.69, 9.17) is 0 Å². The summed E-state index contributed by atoms with van der Waals surface area (Å²) in [6.45, 7) is 3.21. The van der Waals surface area contributed by atoms with E-state index in [1.54, 1.807) is 12.1 Å². The third-order valence-corrected chi connectivity index (χ3v) is 4.62. The minimum Gasteiger partial charge on any atom is -0.388 e. The summed E-state index contributed by atoms with van der Waals surface area (Å²) in [5.74, 6) is 0.610. The molecule has 1 unspecified atom stereocenters. The molecule has 0 saturated heterocycles. The Bertz CT molecular complexity index is 398. The second-order valence-corrected chi connectivity index (χ2v) is 6.25. The second-order valence-electron chi connectivity index (χ2n) is 6.25. The van der Waals surface area contributed by atoms with Crippen molar-refractivity contribution < 1.29 is 9.50 Å². The quantitative estimate of drug-likeness (QED) is 0.887. The Morgan fingerprint density at radius 1 is 1.20 bits per heavy atom. The molecule has 0 spiro atoms. The molecule has 2 nitrogen and oxygen atoms in total. The lowest BCUT2D eigenvalue weighted by atomic mass is 9.86. The predicted molar refractivity (Wildman–Crippen MR) is 80.0 cm³/mol. The van der Waals surface area contributed by atoms with Crippen LogP contribution in [0.15, 0.2) is 24.3 Å². The Kier molecular flexibility index (Phi) is 5.55. The van der Waals surface area contributed by atoms with Crippen LogP contribution < -0.4 is 0 Å². The maximum absolute atomic E-state index is 12.8. The molecule has 1 aromatic rings. The molecule has 2 rings (SSSR count). The first-order chi connectivity index (χ1) is 9.56. The smallest absolute Gasteiger partial charge is 0.123 e. The summed E-state index contributed by atoms with van der Waals surface area (Å²) in [4.78, 5) is 2.37. The highest BCUT2D eigenvalue weighted by Gasteiger charge is 2.22. The van der Waals surface area contributed by atoms with Crippen LogP contribution in [0, 0.1) is 11.7 Å². The van der Waals surface area contributed by atoms with E-state index in [1.165, 1.54) is 37.8 Å². The van der Waals surface area contributed by atoms with E-state index in [0.29, 0.717) is 12.5 Å². The fourth-order valence-corrected chi connectivity index (χ4v) is 3.04. The molecule has 1 atom stereocenters. The first-order valence-corrected chi connectivity index (χ1v) is 7.70. The zero-order valence-corrected chi connectivity index (χ0v) is 12.6. The lowest BCUT2D eigenvalue weighted by Crippen LogP contribution is -2.35. The fraction of sp³-hybridized carbons (Fsp3) is 0.647. The Balaban J connectivity index is 1.77. The van der Waals surface area contributed by atoms with Crippen molar-refractivity contribution in [3.63, 3.8) is 0 Å². The molecular formula is C17H26FNO. The number of hydrogen-bond acceptors (Lipinski definition) is 2. The molecule has 20 heavy (non-hydrogen) atoms. The molecular weight excluding hydrogens is 253 g/mol. The van der Waals surface area contributed by atoms with Crippen LogP contribution in [0.25, 0.3) is 0 Å². The molecule has 1 aromatic carbocycles. The maximum Gasteiger partial charge on any atom is 0.123 e. The Morgan fingerprint density at radius 2 is 1.80 bits per heavy atom. The summed E-state index contributed by atoms with van der Waals surface area (Å²) in [5, 5.41) is 10.2. The van der Waals surface area contributed by atoms with Gasteiger partial charge >= 0.3 is 0 Å². The highest BCUT2D eigenvalue weighted by molar-refractivity contribution is 5.18. The van der Waals surface area contributed by atoms with E-state index in [1.807, 2.05) is 0 Å². The Hall–Kier alpha value is -0.930. The molecule has 1 saturated carbocycles. The van der Waals surface area contributed by atoms with Crippen molar-refractivity contribution in [2.45, 2.75) is 51.2 Å². The van der Waals surface area contributed by atoms with Crippen molar-refractivity contribution in [2.24, 2.45) is 5.92 Å². The van der Waals surface area contributed by atoms with Crippen LogP contribution in [0.3, 0.4) is 0 Å². The first kappa shape index (κ1) is 15.5. The standard InChI is InChI=1S/C17H26FNO/c1-13-3-9-16(10-4-13)19(2)12-11-17(20)14-5-7-15(18)8-6-14/h5-8,13,16-17,20H,3-4,9-12H2,1-2H3. The molecule has 1 fully saturated rings. The van der Waals surface area contributed by atoms with Crippen LogP contribution in [-0.2, 0) is 0 Å². The second kappa shape index (κ2) is 7.19. The Labute approximate surface area is 121 Å². The fourth-order valence-electron chi connectivity index (χ4n) is 3.04. The van der Waals surface area contributed by atoms with Crippen LogP contribution in [0.4, 0.5) is 4.39 Å². The van der Waals surface area contributed by atoms with Gasteiger partial charge in [-0.3, -0.25) is 0 Å².